The van der Waals surface area contributed by atoms with Gasteiger partial charge in [0, 0.05) is 36.5 Å². The minimum atomic E-state index is -0.282. The number of anilines is 2. The number of pyridine rings is 1. The molecule has 0 spiro atoms. The van der Waals surface area contributed by atoms with Crippen molar-refractivity contribution in [2.75, 3.05) is 19.5 Å². The first-order valence-electron chi connectivity index (χ1n) is 11.3. The second kappa shape index (κ2) is 8.21. The van der Waals surface area contributed by atoms with Crippen LogP contribution in [0.15, 0.2) is 36.7 Å². The van der Waals surface area contributed by atoms with E-state index in [-0.39, 0.29) is 24.0 Å². The van der Waals surface area contributed by atoms with E-state index < -0.39 is 0 Å². The number of carbonyl (C=O) groups is 1. The molecule has 1 amide bonds. The highest BCUT2D eigenvalue weighted by molar-refractivity contribution is 6.32. The number of halogens is 1. The molecule has 0 bridgehead atoms. The van der Waals surface area contributed by atoms with Crippen LogP contribution in [0, 0.1) is 0 Å². The van der Waals surface area contributed by atoms with Crippen LogP contribution >= 0.6 is 11.6 Å². The highest BCUT2D eigenvalue weighted by atomic mass is 35.5. The van der Waals surface area contributed by atoms with E-state index in [4.69, 9.17) is 26.1 Å². The number of hydrogen-bond acceptors (Lipinski definition) is 7. The third kappa shape index (κ3) is 3.50. The van der Waals surface area contributed by atoms with Crippen LogP contribution in [0.5, 0.6) is 5.75 Å². The summed E-state index contributed by atoms with van der Waals surface area (Å²) in [6, 6.07) is 7.50. The van der Waals surface area contributed by atoms with Gasteiger partial charge in [0.05, 0.1) is 41.0 Å². The highest BCUT2D eigenvalue weighted by Gasteiger charge is 2.48. The molecule has 1 saturated carbocycles. The minimum Gasteiger partial charge on any atom is -0.493 e. The highest BCUT2D eigenvalue weighted by Crippen LogP contribution is 2.50. The van der Waals surface area contributed by atoms with Crippen molar-refractivity contribution >= 4 is 39.9 Å². The Morgan fingerprint density at radius 2 is 2.09 bits per heavy atom. The normalized spacial score (nSPS) is 19.0. The van der Waals surface area contributed by atoms with E-state index in [9.17, 15) is 4.79 Å². The lowest BCUT2D eigenvalue weighted by Crippen LogP contribution is -2.31. The number of benzene rings is 1. The van der Waals surface area contributed by atoms with Crippen molar-refractivity contribution in [3.8, 4) is 17.0 Å². The largest absolute Gasteiger partial charge is 0.493 e. The van der Waals surface area contributed by atoms with Crippen molar-refractivity contribution in [1.82, 2.24) is 25.3 Å². The number of ether oxygens (including phenoxy) is 2. The van der Waals surface area contributed by atoms with Crippen molar-refractivity contribution in [2.24, 2.45) is 0 Å². The number of nitrogens with one attached hydrogen (secondary N) is 3. The molecule has 1 aromatic carbocycles. The van der Waals surface area contributed by atoms with Crippen LogP contribution in [-0.2, 0) is 4.74 Å². The zero-order valence-corrected chi connectivity index (χ0v) is 20.1. The van der Waals surface area contributed by atoms with Crippen molar-refractivity contribution in [1.29, 1.82) is 0 Å². The maximum Gasteiger partial charge on any atom is 0.255 e. The summed E-state index contributed by atoms with van der Waals surface area (Å²) in [5.74, 6) is 1.18. The summed E-state index contributed by atoms with van der Waals surface area (Å²) < 4.78 is 11.0. The van der Waals surface area contributed by atoms with E-state index >= 15 is 0 Å². The summed E-state index contributed by atoms with van der Waals surface area (Å²) in [6.45, 7) is 1.89. The van der Waals surface area contributed by atoms with Crippen LogP contribution in [0.4, 0.5) is 11.4 Å². The van der Waals surface area contributed by atoms with Gasteiger partial charge >= 0.3 is 0 Å². The number of H-pyrrole nitrogens is 1. The van der Waals surface area contributed by atoms with Gasteiger partial charge in [-0.2, -0.15) is 0 Å². The Hall–Kier alpha value is -3.69. The van der Waals surface area contributed by atoms with Gasteiger partial charge in [-0.05, 0) is 31.5 Å². The van der Waals surface area contributed by atoms with E-state index in [0.29, 0.717) is 44.6 Å². The van der Waals surface area contributed by atoms with Crippen molar-refractivity contribution in [3.05, 3.63) is 58.8 Å². The molecular formula is C25H23ClN6O3. The lowest BCUT2D eigenvalue weighted by Gasteiger charge is -2.17. The van der Waals surface area contributed by atoms with Crippen LogP contribution in [0.3, 0.4) is 0 Å². The second-order valence-corrected chi connectivity index (χ2v) is 9.14. The molecule has 35 heavy (non-hydrogen) atoms. The number of nitrogens with zero attached hydrogens (tertiary/aromatic N) is 3. The third-order valence-electron chi connectivity index (χ3n) is 6.65. The first-order chi connectivity index (χ1) is 17.0. The molecular weight excluding hydrogens is 468 g/mol. The molecule has 3 atom stereocenters. The topological polar surface area (TPSA) is 114 Å². The molecule has 1 fully saturated rings. The van der Waals surface area contributed by atoms with Gasteiger partial charge in [0.15, 0.2) is 11.6 Å². The molecule has 6 rings (SSSR count). The number of para-hydroxylation sites is 1. The van der Waals surface area contributed by atoms with Crippen molar-refractivity contribution < 1.29 is 14.3 Å². The van der Waals surface area contributed by atoms with Crippen LogP contribution in [0.1, 0.15) is 47.2 Å². The Kier molecular flexibility index (Phi) is 5.12. The Labute approximate surface area is 206 Å². The summed E-state index contributed by atoms with van der Waals surface area (Å²) in [5.41, 5.74) is 5.63. The maximum atomic E-state index is 13.2. The Morgan fingerprint density at radius 3 is 2.89 bits per heavy atom. The summed E-state index contributed by atoms with van der Waals surface area (Å²) in [4.78, 5) is 30.4. The molecule has 3 N–H and O–H groups in total. The molecule has 1 aliphatic carbocycles. The molecule has 4 aromatic rings. The molecule has 178 valence electrons. The van der Waals surface area contributed by atoms with Gasteiger partial charge in [-0.15, -0.1) is 0 Å². The number of fused-ring (bicyclic) bond motifs is 4. The third-order valence-corrected chi connectivity index (χ3v) is 6.95. The van der Waals surface area contributed by atoms with Gasteiger partial charge in [-0.25, -0.2) is 9.97 Å². The summed E-state index contributed by atoms with van der Waals surface area (Å²) in [7, 11) is 3.18. The van der Waals surface area contributed by atoms with E-state index in [1.54, 1.807) is 32.7 Å². The number of rotatable bonds is 6. The fraction of sp³-hybridized carbons (Fsp3) is 0.280. The molecule has 4 heterocycles. The van der Waals surface area contributed by atoms with E-state index in [0.717, 1.165) is 23.4 Å². The van der Waals surface area contributed by atoms with E-state index in [1.165, 1.54) is 0 Å². The first kappa shape index (κ1) is 21.8. The van der Waals surface area contributed by atoms with Gasteiger partial charge in [-0.3, -0.25) is 9.78 Å². The van der Waals surface area contributed by atoms with Gasteiger partial charge < -0.3 is 25.1 Å². The van der Waals surface area contributed by atoms with Gasteiger partial charge in [0.25, 0.3) is 5.91 Å². The molecule has 3 unspecified atom stereocenters. The summed E-state index contributed by atoms with van der Waals surface area (Å²) in [6.07, 6.45) is 4.03. The molecule has 9 nitrogen and oxygen atoms in total. The predicted molar refractivity (Wildman–Crippen MR) is 132 cm³/mol. The number of aromatic nitrogens is 4. The smallest absolute Gasteiger partial charge is 0.255 e. The average Bonchev–Trinajstić information content (AvgIpc) is 3.55. The average molecular weight is 491 g/mol. The lowest BCUT2D eigenvalue weighted by atomic mass is 10.0. The summed E-state index contributed by atoms with van der Waals surface area (Å²) >= 11 is 6.38. The first-order valence-corrected chi connectivity index (χ1v) is 11.7. The van der Waals surface area contributed by atoms with Crippen LogP contribution in [0.25, 0.3) is 22.3 Å². The summed E-state index contributed by atoms with van der Waals surface area (Å²) in [5, 5.41) is 7.00. The SMILES string of the molecule is COc1c(Cl)cccc1Nc1c(-c2ccnc3cnc(C(C)OC)nc23)[nH]c2c1C(=O)NC1CC21. The van der Waals surface area contributed by atoms with Crippen LogP contribution in [0.2, 0.25) is 5.02 Å². The fourth-order valence-electron chi connectivity index (χ4n) is 4.68. The number of carbonyl (C=O) groups excluding carboxylic acids is 1. The van der Waals surface area contributed by atoms with Gasteiger partial charge in [0.1, 0.15) is 17.1 Å². The molecule has 1 aliphatic heterocycles. The van der Waals surface area contributed by atoms with Crippen LogP contribution < -0.4 is 15.4 Å². The number of methoxy groups -OCH3 is 2. The second-order valence-electron chi connectivity index (χ2n) is 8.73. The fourth-order valence-corrected chi connectivity index (χ4v) is 4.93. The number of amides is 1. The molecule has 0 saturated heterocycles. The minimum absolute atomic E-state index is 0.119. The Balaban J connectivity index is 1.59. The molecule has 2 aliphatic rings. The number of aromatic amines is 1. The Morgan fingerprint density at radius 1 is 1.23 bits per heavy atom. The predicted octanol–water partition coefficient (Wildman–Crippen LogP) is 4.73. The molecule has 3 aromatic heterocycles. The zero-order chi connectivity index (χ0) is 24.3. The maximum absolute atomic E-state index is 13.2. The van der Waals surface area contributed by atoms with E-state index in [1.807, 2.05) is 25.1 Å². The van der Waals surface area contributed by atoms with E-state index in [2.05, 4.69) is 25.6 Å². The van der Waals surface area contributed by atoms with Crippen LogP contribution in [-0.4, -0.2) is 46.1 Å². The molecule has 10 heteroatoms. The zero-order valence-electron chi connectivity index (χ0n) is 19.3. The monoisotopic (exact) mass is 490 g/mol. The number of hydrogen-bond donors (Lipinski definition) is 3. The van der Waals surface area contributed by atoms with Crippen molar-refractivity contribution in [2.45, 2.75) is 31.4 Å². The van der Waals surface area contributed by atoms with Crippen molar-refractivity contribution in [3.63, 3.8) is 0 Å². The van der Waals surface area contributed by atoms with Gasteiger partial charge in [-0.1, -0.05) is 17.7 Å². The molecule has 0 radical (unpaired) electrons. The lowest BCUT2D eigenvalue weighted by molar-refractivity contribution is 0.0944. The van der Waals surface area contributed by atoms with Gasteiger partial charge in [0.2, 0.25) is 0 Å². The quantitative estimate of drug-likeness (QED) is 0.358. The standard InChI is InChI=1S/C25H23ClN6O3/c1-11(34-2)24-28-10-17-19(32-24)12(7-8-27-17)21-22(29-15-6-4-5-14(26)23(15)35-3)18-20(31-21)13-9-16(13)30-25(18)33/h4-8,10-11,13,16,29,31H,9H2,1-3H3,(H,30,33). The Bertz CT molecular complexity index is 1490.